The largest absolute Gasteiger partial charge is 0.339 e. The number of nitrogens with one attached hydrogen (secondary N) is 1. The van der Waals surface area contributed by atoms with Gasteiger partial charge in [-0.25, -0.2) is 19.3 Å². The van der Waals surface area contributed by atoms with Crippen molar-refractivity contribution in [3.05, 3.63) is 54.6 Å². The number of rotatable bonds is 5. The number of hydrogen-bond donors (Lipinski definition) is 2. The average Bonchev–Trinajstić information content (AvgIpc) is 3.06. The molecule has 142 valence electrons. The molecule has 28 heavy (non-hydrogen) atoms. The number of nitrogens with two attached hydrogens (primary N) is 1. The minimum atomic E-state index is -0.300. The first-order valence-electron chi connectivity index (χ1n) is 8.99. The number of benzene rings is 1. The third-order valence-electron chi connectivity index (χ3n) is 4.41. The lowest BCUT2D eigenvalue weighted by Gasteiger charge is -2.13. The second-order valence-electron chi connectivity index (χ2n) is 6.53. The molecule has 3 heterocycles. The summed E-state index contributed by atoms with van der Waals surface area (Å²) in [6, 6.07) is 10.0. The first-order chi connectivity index (χ1) is 13.5. The summed E-state index contributed by atoms with van der Waals surface area (Å²) in [6.45, 7) is 1.98. The maximum absolute atomic E-state index is 13.4. The number of halogens is 1. The molecule has 0 bridgehead atoms. The Labute approximate surface area is 161 Å². The van der Waals surface area contributed by atoms with Crippen molar-refractivity contribution >= 4 is 17.0 Å². The van der Waals surface area contributed by atoms with Crippen LogP contribution in [0, 0.1) is 5.82 Å². The normalized spacial score (nSPS) is 12.3. The molecular formula is C20H20FN7. The average molecular weight is 377 g/mol. The van der Waals surface area contributed by atoms with Crippen LogP contribution in [0.2, 0.25) is 0 Å². The summed E-state index contributed by atoms with van der Waals surface area (Å²) in [5.41, 5.74) is 9.53. The Morgan fingerprint density at radius 2 is 1.96 bits per heavy atom. The molecule has 0 radical (unpaired) electrons. The SMILES string of the molecule is CCC(N)Nc1nccc(-c2cc3cn(C)nc3nc2-c2ccc(F)cc2)n1. The lowest BCUT2D eigenvalue weighted by Crippen LogP contribution is -2.29. The Balaban J connectivity index is 1.88. The predicted molar refractivity (Wildman–Crippen MR) is 107 cm³/mol. The minimum absolute atomic E-state index is 0.231. The topological polar surface area (TPSA) is 94.5 Å². The van der Waals surface area contributed by atoms with E-state index in [-0.39, 0.29) is 12.0 Å². The van der Waals surface area contributed by atoms with Crippen LogP contribution in [-0.2, 0) is 7.05 Å². The molecule has 4 rings (SSSR count). The monoisotopic (exact) mass is 377 g/mol. The molecule has 0 aliphatic heterocycles. The van der Waals surface area contributed by atoms with E-state index in [0.717, 1.165) is 22.9 Å². The smallest absolute Gasteiger partial charge is 0.224 e. The number of nitrogens with zero attached hydrogens (tertiary/aromatic N) is 5. The summed E-state index contributed by atoms with van der Waals surface area (Å²) >= 11 is 0. The zero-order valence-corrected chi connectivity index (χ0v) is 15.6. The molecule has 1 aromatic carbocycles. The Morgan fingerprint density at radius 3 is 2.71 bits per heavy atom. The summed E-state index contributed by atoms with van der Waals surface area (Å²) in [4.78, 5) is 13.6. The van der Waals surface area contributed by atoms with Gasteiger partial charge >= 0.3 is 0 Å². The molecule has 0 aliphatic carbocycles. The standard InChI is InChI=1S/C20H20FN7/c1-3-17(22)25-20-23-9-8-16(24-20)15-10-13-11-28(2)27-19(13)26-18(15)12-4-6-14(21)7-5-12/h4-11,17H,3,22H2,1-2H3,(H,23,24,25). The first-order valence-corrected chi connectivity index (χ1v) is 8.99. The molecule has 0 spiro atoms. The van der Waals surface area contributed by atoms with Crippen LogP contribution in [0.3, 0.4) is 0 Å². The Kier molecular flexibility index (Phi) is 4.70. The van der Waals surface area contributed by atoms with Gasteiger partial charge in [-0.3, -0.25) is 4.68 Å². The van der Waals surface area contributed by atoms with E-state index in [9.17, 15) is 4.39 Å². The molecule has 0 saturated carbocycles. The van der Waals surface area contributed by atoms with E-state index >= 15 is 0 Å². The lowest BCUT2D eigenvalue weighted by molar-refractivity contribution is 0.628. The van der Waals surface area contributed by atoms with Gasteiger partial charge in [-0.05, 0) is 42.8 Å². The van der Waals surface area contributed by atoms with Gasteiger partial charge in [0.05, 0.1) is 17.6 Å². The molecule has 3 N–H and O–H groups in total. The van der Waals surface area contributed by atoms with Gasteiger partial charge < -0.3 is 11.1 Å². The summed E-state index contributed by atoms with van der Waals surface area (Å²) in [5.74, 6) is 0.148. The minimum Gasteiger partial charge on any atom is -0.339 e. The predicted octanol–water partition coefficient (Wildman–Crippen LogP) is 3.34. The summed E-state index contributed by atoms with van der Waals surface area (Å²) in [7, 11) is 1.85. The number of pyridine rings is 1. The number of aryl methyl sites for hydroxylation is 1. The molecule has 4 aromatic rings. The van der Waals surface area contributed by atoms with Crippen LogP contribution in [-0.4, -0.2) is 30.9 Å². The highest BCUT2D eigenvalue weighted by atomic mass is 19.1. The molecule has 3 aromatic heterocycles. The second kappa shape index (κ2) is 7.32. The molecule has 0 saturated heterocycles. The van der Waals surface area contributed by atoms with Crippen molar-refractivity contribution in [1.82, 2.24) is 24.7 Å². The third-order valence-corrected chi connectivity index (χ3v) is 4.41. The van der Waals surface area contributed by atoms with Crippen molar-refractivity contribution in [3.63, 3.8) is 0 Å². The maximum atomic E-state index is 13.4. The fraction of sp³-hybridized carbons (Fsp3) is 0.200. The fourth-order valence-corrected chi connectivity index (χ4v) is 2.94. The molecule has 0 fully saturated rings. The maximum Gasteiger partial charge on any atom is 0.224 e. The number of aromatic nitrogens is 5. The van der Waals surface area contributed by atoms with Crippen molar-refractivity contribution in [3.8, 4) is 22.5 Å². The molecule has 1 atom stereocenters. The van der Waals surface area contributed by atoms with Gasteiger partial charge in [0.25, 0.3) is 0 Å². The van der Waals surface area contributed by atoms with E-state index < -0.39 is 0 Å². The van der Waals surface area contributed by atoms with Gasteiger partial charge in [-0.15, -0.1) is 0 Å². The Bertz CT molecular complexity index is 1120. The molecular weight excluding hydrogens is 357 g/mol. The molecule has 8 heteroatoms. The van der Waals surface area contributed by atoms with Crippen LogP contribution in [0.4, 0.5) is 10.3 Å². The fourth-order valence-electron chi connectivity index (χ4n) is 2.94. The van der Waals surface area contributed by atoms with E-state index in [4.69, 9.17) is 10.7 Å². The van der Waals surface area contributed by atoms with Crippen molar-refractivity contribution < 1.29 is 4.39 Å². The van der Waals surface area contributed by atoms with Gasteiger partial charge in [0.1, 0.15) is 5.82 Å². The zero-order chi connectivity index (χ0) is 19.7. The molecule has 1 unspecified atom stereocenters. The van der Waals surface area contributed by atoms with Crippen molar-refractivity contribution in [2.24, 2.45) is 12.8 Å². The van der Waals surface area contributed by atoms with E-state index in [0.29, 0.717) is 23.0 Å². The molecule has 7 nitrogen and oxygen atoms in total. The highest BCUT2D eigenvalue weighted by Crippen LogP contribution is 2.32. The van der Waals surface area contributed by atoms with Crippen LogP contribution in [0.15, 0.2) is 48.8 Å². The van der Waals surface area contributed by atoms with E-state index in [1.165, 1.54) is 12.1 Å². The van der Waals surface area contributed by atoms with Gasteiger partial charge in [0.15, 0.2) is 5.65 Å². The van der Waals surface area contributed by atoms with E-state index in [2.05, 4.69) is 20.4 Å². The highest BCUT2D eigenvalue weighted by molar-refractivity contribution is 5.89. The second-order valence-corrected chi connectivity index (χ2v) is 6.53. The van der Waals surface area contributed by atoms with Crippen molar-refractivity contribution in [2.75, 3.05) is 5.32 Å². The van der Waals surface area contributed by atoms with Crippen LogP contribution in [0.5, 0.6) is 0 Å². The van der Waals surface area contributed by atoms with Gasteiger partial charge in [0.2, 0.25) is 5.95 Å². The number of anilines is 1. The van der Waals surface area contributed by atoms with E-state index in [1.807, 2.05) is 32.3 Å². The van der Waals surface area contributed by atoms with Crippen molar-refractivity contribution in [2.45, 2.75) is 19.5 Å². The van der Waals surface area contributed by atoms with Crippen LogP contribution in [0.1, 0.15) is 13.3 Å². The van der Waals surface area contributed by atoms with Crippen LogP contribution in [0.25, 0.3) is 33.5 Å². The molecule has 0 amide bonds. The number of hydrogen-bond acceptors (Lipinski definition) is 6. The van der Waals surface area contributed by atoms with Gasteiger partial charge in [0, 0.05) is 36.0 Å². The quantitative estimate of drug-likeness (QED) is 0.518. The van der Waals surface area contributed by atoms with Crippen LogP contribution < -0.4 is 11.1 Å². The summed E-state index contributed by atoms with van der Waals surface area (Å²) in [6.07, 6.45) is 4.09. The highest BCUT2D eigenvalue weighted by Gasteiger charge is 2.15. The Morgan fingerprint density at radius 1 is 1.18 bits per heavy atom. The third kappa shape index (κ3) is 3.54. The van der Waals surface area contributed by atoms with Gasteiger partial charge in [-0.1, -0.05) is 6.92 Å². The summed E-state index contributed by atoms with van der Waals surface area (Å²) in [5, 5.41) is 8.36. The first kappa shape index (κ1) is 18.0. The van der Waals surface area contributed by atoms with Crippen LogP contribution >= 0.6 is 0 Å². The zero-order valence-electron chi connectivity index (χ0n) is 15.6. The van der Waals surface area contributed by atoms with Gasteiger partial charge in [-0.2, -0.15) is 5.10 Å². The van der Waals surface area contributed by atoms with E-state index in [1.54, 1.807) is 23.0 Å². The lowest BCUT2D eigenvalue weighted by atomic mass is 10.0. The Hall–Kier alpha value is -3.39. The summed E-state index contributed by atoms with van der Waals surface area (Å²) < 4.78 is 15.1. The molecule has 0 aliphatic rings. The van der Waals surface area contributed by atoms with Crippen molar-refractivity contribution in [1.29, 1.82) is 0 Å². The number of fused-ring (bicyclic) bond motifs is 1.